The number of halogens is 1. The van der Waals surface area contributed by atoms with Crippen LogP contribution in [-0.2, 0) is 85.7 Å². The second kappa shape index (κ2) is 24.2. The van der Waals surface area contributed by atoms with Gasteiger partial charge in [-0.15, -0.1) is 0 Å². The highest BCUT2D eigenvalue weighted by Gasteiger charge is 2.42. The second-order valence-electron chi connectivity index (χ2n) is 19.6. The normalized spacial score (nSPS) is 18.1. The van der Waals surface area contributed by atoms with Gasteiger partial charge in [0.05, 0.1) is 66.2 Å². The van der Waals surface area contributed by atoms with Gasteiger partial charge in [-0.1, -0.05) is 63.2 Å². The number of rotatable bonds is 19. The number of aromatic nitrogens is 2. The number of hydrogen-bond acceptors (Lipinski definition) is 14. The molecule has 20 nitrogen and oxygen atoms in total. The van der Waals surface area contributed by atoms with Crippen molar-refractivity contribution < 1.29 is 57.3 Å². The number of benzene rings is 3. The first-order chi connectivity index (χ1) is 37.4. The number of carbonyl (C=O) groups is 8. The molecule has 1 saturated heterocycles. The molecule has 4 atom stereocenters. The molecule has 1 aliphatic carbocycles. The molecular weight excluding hydrogens is 1030 g/mol. The number of thiol groups is 1. The molecule has 9 rings (SSSR count). The van der Waals surface area contributed by atoms with Crippen LogP contribution in [0, 0.1) is 12.7 Å². The van der Waals surface area contributed by atoms with Crippen molar-refractivity contribution in [3.63, 3.8) is 0 Å². The van der Waals surface area contributed by atoms with Crippen LogP contribution in [0.4, 0.5) is 10.1 Å². The lowest BCUT2D eigenvalue weighted by Crippen LogP contribution is -2.52. The van der Waals surface area contributed by atoms with Crippen molar-refractivity contribution in [3.8, 4) is 11.4 Å². The van der Waals surface area contributed by atoms with Crippen LogP contribution in [0.1, 0.15) is 97.1 Å². The third-order valence-corrected chi connectivity index (χ3v) is 14.7. The van der Waals surface area contributed by atoms with Crippen LogP contribution >= 0.6 is 12.6 Å². The van der Waals surface area contributed by atoms with Crippen LogP contribution in [0.5, 0.6) is 0 Å². The van der Waals surface area contributed by atoms with Crippen LogP contribution in [0.25, 0.3) is 22.3 Å². The van der Waals surface area contributed by atoms with Crippen LogP contribution in [0.2, 0.25) is 0 Å². The van der Waals surface area contributed by atoms with Gasteiger partial charge in [-0.25, -0.2) is 19.1 Å². The molecule has 5 heterocycles. The van der Waals surface area contributed by atoms with E-state index in [-0.39, 0.29) is 74.6 Å². The smallest absolute Gasteiger partial charge is 0.340 e. The van der Waals surface area contributed by atoms with Crippen molar-refractivity contribution >= 4 is 76.5 Å². The number of cyclic esters (lactones) is 1. The Labute approximate surface area is 453 Å². The third kappa shape index (κ3) is 12.0. The molecule has 7 amide bonds. The zero-order chi connectivity index (χ0) is 56.0. The lowest BCUT2D eigenvalue weighted by Gasteiger charge is -2.37. The summed E-state index contributed by atoms with van der Waals surface area (Å²) in [5, 5.41) is 23.5. The summed E-state index contributed by atoms with van der Waals surface area (Å²) in [7, 11) is 0. The fourth-order valence-corrected chi connectivity index (χ4v) is 10.6. The van der Waals surface area contributed by atoms with Gasteiger partial charge in [0.2, 0.25) is 41.4 Å². The van der Waals surface area contributed by atoms with Crippen LogP contribution in [-0.4, -0.2) is 106 Å². The fourth-order valence-electron chi connectivity index (χ4n) is 10.3. The Kier molecular flexibility index (Phi) is 17.5. The molecule has 0 radical (unpaired) electrons. The molecule has 22 heteroatoms. The van der Waals surface area contributed by atoms with Gasteiger partial charge in [0.1, 0.15) is 25.2 Å². The number of imide groups is 1. The number of aryl methyl sites for hydroxylation is 2. The Morgan fingerprint density at radius 3 is 2.29 bits per heavy atom. The average molecular weight is 1090 g/mol. The molecule has 2 aromatic heterocycles. The van der Waals surface area contributed by atoms with E-state index in [1.165, 1.54) is 10.6 Å². The highest BCUT2D eigenvalue weighted by atomic mass is 32.1. The molecule has 0 saturated carbocycles. The third-order valence-electron chi connectivity index (χ3n) is 14.3. The number of carbonyl (C=O) groups excluding carboxylic acids is 8. The summed E-state index contributed by atoms with van der Waals surface area (Å²) in [5.74, 6) is -4.96. The van der Waals surface area contributed by atoms with Crippen molar-refractivity contribution in [2.24, 2.45) is 0 Å². The van der Waals surface area contributed by atoms with E-state index in [0.717, 1.165) is 32.5 Å². The van der Waals surface area contributed by atoms with Crippen molar-refractivity contribution in [2.45, 2.75) is 109 Å². The number of ether oxygens (including phenoxy) is 2. The molecule has 78 heavy (non-hydrogen) atoms. The van der Waals surface area contributed by atoms with Gasteiger partial charge < -0.3 is 45.7 Å². The van der Waals surface area contributed by atoms with Crippen molar-refractivity contribution in [1.29, 1.82) is 0 Å². The number of amides is 7. The SMILES string of the molecule is CC.Cc1c(F)cc2nc3c(c4c2c1CCC4(C)COCNC(=O)CNC(=O)C(Cc1ccccc1)NC(=O)CNC(=O)CNC(=O)CCCc1ccc(N2C(=O)CC(S)C2=O)cc1)Cn1c-3cc2c(c1=O)COC(=O)C2O. The van der Waals surface area contributed by atoms with E-state index < -0.39 is 83.4 Å². The van der Waals surface area contributed by atoms with Crippen molar-refractivity contribution in [1.82, 2.24) is 36.1 Å². The predicted octanol–water partition coefficient (Wildman–Crippen LogP) is 2.94. The summed E-state index contributed by atoms with van der Waals surface area (Å²) < 4.78 is 28.1. The standard InChI is InChI=1S/C54H55FN8O12S.C2H6/c1-28-32-15-16-54(2,47-34-24-62-39(48(34)61-37(46(32)47)19-36(28)55)18-33-35(51(62)71)25-75-53(73)49(33)69)26-74-27-59-43(66)22-58-50(70)38(17-30-7-4-3-5-8-30)60-44(67)23-57-42(65)21-56-41(64)10-6-9-29-11-13-31(14-12-29)63-45(68)20-40(76)52(63)72;1-2/h3-5,7-8,11-14,18-19,38,40,49,69,76H,6,9-10,15-17,20-27H2,1-2H3,(H,56,64)(H,57,65)(H,58,70)(H,59,66)(H,60,67);1-2H3. The van der Waals surface area contributed by atoms with E-state index in [1.807, 2.05) is 20.8 Å². The Morgan fingerprint density at radius 1 is 0.885 bits per heavy atom. The molecule has 4 aliphatic rings. The second-order valence-corrected chi connectivity index (χ2v) is 20.2. The van der Waals surface area contributed by atoms with Gasteiger partial charge in [-0.05, 0) is 78.6 Å². The first-order valence-electron chi connectivity index (χ1n) is 25.8. The zero-order valence-electron chi connectivity index (χ0n) is 43.6. The molecule has 4 unspecified atom stereocenters. The number of aliphatic hydroxyl groups is 1. The van der Waals surface area contributed by atoms with Gasteiger partial charge in [0.25, 0.3) is 5.56 Å². The van der Waals surface area contributed by atoms with Crippen LogP contribution in [0.3, 0.4) is 0 Å². The van der Waals surface area contributed by atoms with Gasteiger partial charge in [0.15, 0.2) is 6.10 Å². The minimum Gasteiger partial charge on any atom is -0.458 e. The highest BCUT2D eigenvalue weighted by Crippen LogP contribution is 2.48. The lowest BCUT2D eigenvalue weighted by atomic mass is 9.69. The van der Waals surface area contributed by atoms with Crippen molar-refractivity contribution in [2.75, 3.05) is 37.9 Å². The molecule has 0 bridgehead atoms. The molecular formula is C56H61FN8O12S. The number of aliphatic hydroxyl groups excluding tert-OH is 1. The molecule has 3 aromatic carbocycles. The van der Waals surface area contributed by atoms with E-state index in [0.29, 0.717) is 59.4 Å². The molecule has 0 spiro atoms. The minimum absolute atomic E-state index is 0.0417. The summed E-state index contributed by atoms with van der Waals surface area (Å²) in [5.41, 5.74) is 5.20. The molecule has 1 fully saturated rings. The Morgan fingerprint density at radius 2 is 1.58 bits per heavy atom. The van der Waals surface area contributed by atoms with E-state index in [1.54, 1.807) is 67.6 Å². The van der Waals surface area contributed by atoms with Gasteiger partial charge in [-0.2, -0.15) is 12.6 Å². The summed E-state index contributed by atoms with van der Waals surface area (Å²) in [6.45, 7) is 6.01. The molecule has 5 aromatic rings. The lowest BCUT2D eigenvalue weighted by molar-refractivity contribution is -0.157. The Hall–Kier alpha value is -7.82. The van der Waals surface area contributed by atoms with Crippen LogP contribution < -0.4 is 37.0 Å². The Bertz CT molecular complexity index is 3280. The number of hydrogen-bond donors (Lipinski definition) is 7. The minimum atomic E-state index is -1.64. The highest BCUT2D eigenvalue weighted by molar-refractivity contribution is 7.82. The van der Waals surface area contributed by atoms with E-state index >= 15 is 4.39 Å². The number of pyridine rings is 2. The fraction of sp³-hybridized carbons (Fsp3) is 0.393. The molecule has 410 valence electrons. The summed E-state index contributed by atoms with van der Waals surface area (Å²) in [4.78, 5) is 121. The van der Waals surface area contributed by atoms with Gasteiger partial charge in [-0.3, -0.25) is 38.4 Å². The van der Waals surface area contributed by atoms with E-state index in [4.69, 9.17) is 14.5 Å². The monoisotopic (exact) mass is 1090 g/mol. The average Bonchev–Trinajstić information content (AvgIpc) is 3.96. The van der Waals surface area contributed by atoms with E-state index in [9.17, 15) is 48.3 Å². The first kappa shape index (κ1) is 56.4. The summed E-state index contributed by atoms with van der Waals surface area (Å²) in [6.07, 6.45) is 0.559. The van der Waals surface area contributed by atoms with Crippen molar-refractivity contribution in [3.05, 3.63) is 127 Å². The molecule has 6 N–H and O–H groups in total. The maximum absolute atomic E-state index is 15.4. The first-order valence-corrected chi connectivity index (χ1v) is 26.3. The maximum Gasteiger partial charge on any atom is 0.340 e. The predicted molar refractivity (Wildman–Crippen MR) is 286 cm³/mol. The largest absolute Gasteiger partial charge is 0.458 e. The number of nitrogens with one attached hydrogen (secondary N) is 5. The molecule has 3 aliphatic heterocycles. The van der Waals surface area contributed by atoms with Crippen LogP contribution in [0.15, 0.2) is 71.5 Å². The summed E-state index contributed by atoms with van der Waals surface area (Å²) >= 11 is 4.15. The number of esters is 1. The number of fused-ring (bicyclic) bond motifs is 5. The van der Waals surface area contributed by atoms with E-state index in [2.05, 4.69) is 39.2 Å². The summed E-state index contributed by atoms with van der Waals surface area (Å²) in [6, 6.07) is 17.5. The quantitative estimate of drug-likeness (QED) is 0.0202. The zero-order valence-corrected chi connectivity index (χ0v) is 44.5. The maximum atomic E-state index is 15.4. The Balaban J connectivity index is 0.00000397. The topological polar surface area (TPSA) is 274 Å². The number of anilines is 1. The number of nitrogens with zero attached hydrogens (tertiary/aromatic N) is 3. The van der Waals surface area contributed by atoms with Gasteiger partial charge >= 0.3 is 5.97 Å². The van der Waals surface area contributed by atoms with Gasteiger partial charge in [0, 0.05) is 47.3 Å².